The molecular formula is C11H15NOS. The molecule has 1 heterocycles. The van der Waals surface area contributed by atoms with Gasteiger partial charge in [0.05, 0.1) is 5.01 Å². The lowest BCUT2D eigenvalue weighted by molar-refractivity contribution is -0.121. The quantitative estimate of drug-likeness (QED) is 0.749. The topological polar surface area (TPSA) is 30.0 Å². The summed E-state index contributed by atoms with van der Waals surface area (Å²) in [5, 5.41) is 3.16. The van der Waals surface area contributed by atoms with Crippen LogP contribution in [0, 0.1) is 5.92 Å². The molecule has 3 heteroatoms. The summed E-state index contributed by atoms with van der Waals surface area (Å²) in [5.41, 5.74) is 0. The van der Waals surface area contributed by atoms with E-state index in [1.165, 1.54) is 0 Å². The highest BCUT2D eigenvalue weighted by Gasteiger charge is 2.30. The van der Waals surface area contributed by atoms with Crippen LogP contribution < -0.4 is 0 Å². The number of carbonyl (C=O) groups is 1. The fourth-order valence-electron chi connectivity index (χ4n) is 2.26. The lowest BCUT2D eigenvalue weighted by Gasteiger charge is -2.28. The van der Waals surface area contributed by atoms with Gasteiger partial charge in [-0.1, -0.05) is 13.3 Å². The maximum Gasteiger partial charge on any atom is 0.133 e. The molecule has 0 radical (unpaired) electrons. The second kappa shape index (κ2) is 4.22. The van der Waals surface area contributed by atoms with E-state index in [0.717, 1.165) is 24.3 Å². The van der Waals surface area contributed by atoms with Crippen LogP contribution in [0.4, 0.5) is 0 Å². The van der Waals surface area contributed by atoms with Gasteiger partial charge in [0.2, 0.25) is 0 Å². The van der Waals surface area contributed by atoms with Gasteiger partial charge in [0.1, 0.15) is 5.78 Å². The van der Waals surface area contributed by atoms with Crippen molar-refractivity contribution in [2.75, 3.05) is 0 Å². The van der Waals surface area contributed by atoms with Crippen LogP contribution in [0.1, 0.15) is 43.5 Å². The molecule has 2 nitrogen and oxygen atoms in total. The highest BCUT2D eigenvalue weighted by Crippen LogP contribution is 2.38. The van der Waals surface area contributed by atoms with Gasteiger partial charge in [0, 0.05) is 30.3 Å². The molecule has 1 aromatic heterocycles. The largest absolute Gasteiger partial charge is 0.300 e. The predicted molar refractivity (Wildman–Crippen MR) is 57.5 cm³/mol. The van der Waals surface area contributed by atoms with Crippen LogP contribution in [0.15, 0.2) is 11.6 Å². The molecule has 1 aromatic rings. The van der Waals surface area contributed by atoms with Crippen molar-refractivity contribution in [1.82, 2.24) is 4.98 Å². The number of ketones is 1. The Balaban J connectivity index is 2.17. The zero-order chi connectivity index (χ0) is 9.97. The van der Waals surface area contributed by atoms with Crippen molar-refractivity contribution in [2.24, 2.45) is 5.92 Å². The summed E-state index contributed by atoms with van der Waals surface area (Å²) in [7, 11) is 0. The zero-order valence-electron chi connectivity index (χ0n) is 8.40. The summed E-state index contributed by atoms with van der Waals surface area (Å²) in [6.07, 6.45) is 5.55. The molecular weight excluding hydrogens is 194 g/mol. The van der Waals surface area contributed by atoms with Crippen LogP contribution in [-0.2, 0) is 4.79 Å². The van der Waals surface area contributed by atoms with Crippen molar-refractivity contribution in [3.63, 3.8) is 0 Å². The van der Waals surface area contributed by atoms with E-state index in [2.05, 4.69) is 11.9 Å². The van der Waals surface area contributed by atoms with E-state index in [1.807, 2.05) is 11.6 Å². The fourth-order valence-corrected chi connectivity index (χ4v) is 3.09. The van der Waals surface area contributed by atoms with Crippen LogP contribution in [0.25, 0.3) is 0 Å². The van der Waals surface area contributed by atoms with Gasteiger partial charge >= 0.3 is 0 Å². The Morgan fingerprint density at radius 3 is 3.14 bits per heavy atom. The average molecular weight is 209 g/mol. The molecule has 0 N–H and O–H groups in total. The Hall–Kier alpha value is -0.700. The zero-order valence-corrected chi connectivity index (χ0v) is 9.22. The highest BCUT2D eigenvalue weighted by molar-refractivity contribution is 7.09. The van der Waals surface area contributed by atoms with Crippen LogP contribution in [0.3, 0.4) is 0 Å². The first-order chi connectivity index (χ1) is 6.81. The minimum Gasteiger partial charge on any atom is -0.300 e. The fraction of sp³-hybridized carbons (Fsp3) is 0.636. The van der Waals surface area contributed by atoms with Crippen molar-refractivity contribution in [3.8, 4) is 0 Å². The normalized spacial score (nSPS) is 27.9. The van der Waals surface area contributed by atoms with Crippen LogP contribution in [-0.4, -0.2) is 10.8 Å². The van der Waals surface area contributed by atoms with Crippen LogP contribution in [0.2, 0.25) is 0 Å². The summed E-state index contributed by atoms with van der Waals surface area (Å²) < 4.78 is 0. The van der Waals surface area contributed by atoms with Crippen molar-refractivity contribution in [3.05, 3.63) is 16.6 Å². The molecule has 2 unspecified atom stereocenters. The van der Waals surface area contributed by atoms with E-state index >= 15 is 0 Å². The second-order valence-electron chi connectivity index (χ2n) is 3.93. The Kier molecular flexibility index (Phi) is 2.96. The maximum absolute atomic E-state index is 11.4. The maximum atomic E-state index is 11.4. The minimum absolute atomic E-state index is 0.404. The summed E-state index contributed by atoms with van der Waals surface area (Å²) >= 11 is 1.69. The summed E-state index contributed by atoms with van der Waals surface area (Å²) in [5.74, 6) is 1.48. The number of rotatable bonds is 2. The molecule has 0 amide bonds. The van der Waals surface area contributed by atoms with Gasteiger partial charge in [-0.2, -0.15) is 0 Å². The SMILES string of the molecule is CCC1CCC(=O)CC1c1nccs1. The number of hydrogen-bond donors (Lipinski definition) is 0. The van der Waals surface area contributed by atoms with Gasteiger partial charge in [0.25, 0.3) is 0 Å². The summed E-state index contributed by atoms with van der Waals surface area (Å²) in [6.45, 7) is 2.21. The van der Waals surface area contributed by atoms with Gasteiger partial charge in [-0.15, -0.1) is 11.3 Å². The first-order valence-electron chi connectivity index (χ1n) is 5.22. The standard InChI is InChI=1S/C11H15NOS/c1-2-8-3-4-9(13)7-10(8)11-12-5-6-14-11/h5-6,8,10H,2-4,7H2,1H3. The lowest BCUT2D eigenvalue weighted by atomic mass is 9.77. The number of aromatic nitrogens is 1. The molecule has 1 aliphatic rings. The third-order valence-electron chi connectivity index (χ3n) is 3.10. The van der Waals surface area contributed by atoms with E-state index in [9.17, 15) is 4.79 Å². The first-order valence-corrected chi connectivity index (χ1v) is 6.10. The third kappa shape index (κ3) is 1.87. The van der Waals surface area contributed by atoms with E-state index in [0.29, 0.717) is 24.0 Å². The molecule has 0 saturated heterocycles. The smallest absolute Gasteiger partial charge is 0.133 e. The van der Waals surface area contributed by atoms with Gasteiger partial charge in [-0.3, -0.25) is 4.79 Å². The van der Waals surface area contributed by atoms with Crippen molar-refractivity contribution < 1.29 is 4.79 Å². The number of thiazole rings is 1. The Morgan fingerprint density at radius 2 is 2.50 bits per heavy atom. The molecule has 0 bridgehead atoms. The third-order valence-corrected chi connectivity index (χ3v) is 4.01. The molecule has 1 saturated carbocycles. The van der Waals surface area contributed by atoms with Crippen LogP contribution >= 0.6 is 11.3 Å². The molecule has 2 rings (SSSR count). The number of nitrogens with zero attached hydrogens (tertiary/aromatic N) is 1. The predicted octanol–water partition coefficient (Wildman–Crippen LogP) is 3.01. The Labute approximate surface area is 88.4 Å². The Bertz CT molecular complexity index is 307. The molecule has 2 atom stereocenters. The molecule has 76 valence electrons. The summed E-state index contributed by atoms with van der Waals surface area (Å²) in [6, 6.07) is 0. The van der Waals surface area contributed by atoms with Gasteiger partial charge in [0.15, 0.2) is 0 Å². The van der Waals surface area contributed by atoms with Crippen molar-refractivity contribution in [2.45, 2.75) is 38.5 Å². The summed E-state index contributed by atoms with van der Waals surface area (Å²) in [4.78, 5) is 15.7. The van der Waals surface area contributed by atoms with Gasteiger partial charge in [-0.05, 0) is 12.3 Å². The van der Waals surface area contributed by atoms with Crippen LogP contribution in [0.5, 0.6) is 0 Å². The highest BCUT2D eigenvalue weighted by atomic mass is 32.1. The lowest BCUT2D eigenvalue weighted by Crippen LogP contribution is -2.22. The van der Waals surface area contributed by atoms with E-state index < -0.39 is 0 Å². The average Bonchev–Trinajstić information content (AvgIpc) is 2.70. The molecule has 1 fully saturated rings. The number of carbonyl (C=O) groups excluding carboxylic acids is 1. The Morgan fingerprint density at radius 1 is 1.64 bits per heavy atom. The minimum atomic E-state index is 0.404. The molecule has 0 aliphatic heterocycles. The van der Waals surface area contributed by atoms with Gasteiger partial charge in [-0.25, -0.2) is 4.98 Å². The van der Waals surface area contributed by atoms with E-state index in [-0.39, 0.29) is 0 Å². The van der Waals surface area contributed by atoms with E-state index in [1.54, 1.807) is 11.3 Å². The monoisotopic (exact) mass is 209 g/mol. The van der Waals surface area contributed by atoms with Gasteiger partial charge < -0.3 is 0 Å². The van der Waals surface area contributed by atoms with Crippen molar-refractivity contribution >= 4 is 17.1 Å². The van der Waals surface area contributed by atoms with E-state index in [4.69, 9.17) is 0 Å². The molecule has 1 aliphatic carbocycles. The van der Waals surface area contributed by atoms with Crippen molar-refractivity contribution in [1.29, 1.82) is 0 Å². The molecule has 0 spiro atoms. The molecule has 14 heavy (non-hydrogen) atoms. The molecule has 0 aromatic carbocycles. The number of hydrogen-bond acceptors (Lipinski definition) is 3. The number of Topliss-reactive ketones (excluding diaryl/α,β-unsaturated/α-hetero) is 1. The first kappa shape index (κ1) is 9.84. The second-order valence-corrected chi connectivity index (χ2v) is 4.85.